The van der Waals surface area contributed by atoms with E-state index in [9.17, 15) is 4.79 Å². The third-order valence-electron chi connectivity index (χ3n) is 6.87. The minimum atomic E-state index is -0.205. The van der Waals surface area contributed by atoms with Gasteiger partial charge in [-0.15, -0.1) is 0 Å². The van der Waals surface area contributed by atoms with E-state index in [1.165, 1.54) is 18.4 Å². The fourth-order valence-electron chi connectivity index (χ4n) is 5.19. The van der Waals surface area contributed by atoms with Crippen LogP contribution in [0.3, 0.4) is 0 Å². The summed E-state index contributed by atoms with van der Waals surface area (Å²) < 4.78 is 6.78. The molecule has 4 atom stereocenters. The lowest BCUT2D eigenvalue weighted by molar-refractivity contribution is -0.240. The molecule has 28 heavy (non-hydrogen) atoms. The molecular weight excluding hydrogens is 346 g/mol. The first-order chi connectivity index (χ1) is 13.5. The van der Waals surface area contributed by atoms with E-state index in [-0.39, 0.29) is 17.9 Å². The molecule has 2 aliphatic rings. The molecule has 1 heterocycles. The second-order valence-electron chi connectivity index (χ2n) is 9.07. The molecule has 0 bridgehead atoms. The van der Waals surface area contributed by atoms with Crippen LogP contribution in [-0.4, -0.2) is 22.8 Å². The Morgan fingerprint density at radius 2 is 1.79 bits per heavy atom. The van der Waals surface area contributed by atoms with Gasteiger partial charge in [-0.25, -0.2) is 0 Å². The molecule has 1 saturated carbocycles. The number of nitrogens with zero attached hydrogens (tertiary/aromatic N) is 1. The Kier molecular flexibility index (Phi) is 5.39. The highest BCUT2D eigenvalue weighted by molar-refractivity contribution is 5.77. The van der Waals surface area contributed by atoms with Crippen molar-refractivity contribution in [2.45, 2.75) is 64.4 Å². The van der Waals surface area contributed by atoms with E-state index >= 15 is 0 Å². The fourth-order valence-corrected chi connectivity index (χ4v) is 5.19. The molecule has 2 aromatic carbocycles. The molecule has 0 N–H and O–H groups in total. The number of carbonyl (C=O) groups excluding carboxylic acids is 1. The van der Waals surface area contributed by atoms with Gasteiger partial charge >= 0.3 is 0 Å². The van der Waals surface area contributed by atoms with Crippen LogP contribution in [-0.2, 0) is 11.3 Å². The zero-order valence-corrected chi connectivity index (χ0v) is 17.2. The van der Waals surface area contributed by atoms with Crippen molar-refractivity contribution in [3.8, 4) is 0 Å². The van der Waals surface area contributed by atoms with Gasteiger partial charge in [-0.3, -0.25) is 9.69 Å². The SMILES string of the molecule is C[C@@H]1CC[C@@H]2[C@@H](C1)O[C@@H](c1ccccc1C=O)N(Cc1ccccc1)C2(C)C. The largest absolute Gasteiger partial charge is 0.355 e. The molecule has 1 aliphatic carbocycles. The van der Waals surface area contributed by atoms with E-state index in [2.05, 4.69) is 62.1 Å². The van der Waals surface area contributed by atoms with Gasteiger partial charge in [-0.1, -0.05) is 67.9 Å². The topological polar surface area (TPSA) is 29.5 Å². The van der Waals surface area contributed by atoms with Crippen LogP contribution >= 0.6 is 0 Å². The average molecular weight is 378 g/mol. The van der Waals surface area contributed by atoms with Crippen LogP contribution in [0.2, 0.25) is 0 Å². The Balaban J connectivity index is 1.76. The average Bonchev–Trinajstić information content (AvgIpc) is 2.70. The maximum Gasteiger partial charge on any atom is 0.150 e. The summed E-state index contributed by atoms with van der Waals surface area (Å²) in [5, 5.41) is 0. The Morgan fingerprint density at radius 3 is 2.54 bits per heavy atom. The highest BCUT2D eigenvalue weighted by Gasteiger charge is 2.51. The van der Waals surface area contributed by atoms with E-state index in [0.29, 0.717) is 11.8 Å². The second-order valence-corrected chi connectivity index (χ2v) is 9.07. The molecule has 0 amide bonds. The van der Waals surface area contributed by atoms with E-state index < -0.39 is 0 Å². The van der Waals surface area contributed by atoms with E-state index in [4.69, 9.17) is 4.74 Å². The summed E-state index contributed by atoms with van der Waals surface area (Å²) in [4.78, 5) is 14.2. The summed E-state index contributed by atoms with van der Waals surface area (Å²) in [6.07, 6.45) is 4.57. The molecule has 2 fully saturated rings. The first-order valence-electron chi connectivity index (χ1n) is 10.5. The van der Waals surface area contributed by atoms with Crippen LogP contribution < -0.4 is 0 Å². The van der Waals surface area contributed by atoms with Crippen molar-refractivity contribution in [2.24, 2.45) is 11.8 Å². The van der Waals surface area contributed by atoms with Gasteiger partial charge in [-0.2, -0.15) is 0 Å². The summed E-state index contributed by atoms with van der Waals surface area (Å²) in [7, 11) is 0. The Morgan fingerprint density at radius 1 is 1.07 bits per heavy atom. The molecule has 3 nitrogen and oxygen atoms in total. The standard InChI is InChI=1S/C25H31NO2/c1-18-13-14-22-23(15-18)28-24(21-12-8-7-11-20(21)17-27)26(25(22,2)3)16-19-9-5-4-6-10-19/h4-12,17-18,22-24H,13-16H2,1-3H3/t18-,22-,23-,24+/m1/s1. The monoisotopic (exact) mass is 377 g/mol. The van der Waals surface area contributed by atoms with Crippen molar-refractivity contribution in [2.75, 3.05) is 0 Å². The third kappa shape index (κ3) is 3.54. The molecule has 0 aromatic heterocycles. The molecule has 2 aromatic rings. The van der Waals surface area contributed by atoms with Gasteiger partial charge in [0.25, 0.3) is 0 Å². The number of benzene rings is 2. The highest BCUT2D eigenvalue weighted by atomic mass is 16.5. The van der Waals surface area contributed by atoms with Gasteiger partial charge in [0.2, 0.25) is 0 Å². The summed E-state index contributed by atoms with van der Waals surface area (Å²) >= 11 is 0. The number of hydrogen-bond donors (Lipinski definition) is 0. The first-order valence-corrected chi connectivity index (χ1v) is 10.5. The normalized spacial score (nSPS) is 29.8. The summed E-state index contributed by atoms with van der Waals surface area (Å²) in [6, 6.07) is 18.5. The van der Waals surface area contributed by atoms with Crippen LogP contribution in [0, 0.1) is 11.8 Å². The lowest BCUT2D eigenvalue weighted by Crippen LogP contribution is -2.61. The summed E-state index contributed by atoms with van der Waals surface area (Å²) in [5.41, 5.74) is 2.97. The molecule has 3 heteroatoms. The summed E-state index contributed by atoms with van der Waals surface area (Å²) in [5.74, 6) is 1.20. The van der Waals surface area contributed by atoms with Crippen molar-refractivity contribution < 1.29 is 9.53 Å². The molecule has 1 aliphatic heterocycles. The number of ether oxygens (including phenoxy) is 1. The zero-order valence-electron chi connectivity index (χ0n) is 17.2. The van der Waals surface area contributed by atoms with Gasteiger partial charge in [0.1, 0.15) is 12.5 Å². The van der Waals surface area contributed by atoms with Crippen LogP contribution in [0.1, 0.15) is 67.7 Å². The van der Waals surface area contributed by atoms with Crippen molar-refractivity contribution in [3.63, 3.8) is 0 Å². The summed E-state index contributed by atoms with van der Waals surface area (Å²) in [6.45, 7) is 7.87. The van der Waals surface area contributed by atoms with Crippen LogP contribution in [0.15, 0.2) is 54.6 Å². The fraction of sp³-hybridized carbons (Fsp3) is 0.480. The molecular formula is C25H31NO2. The van der Waals surface area contributed by atoms with E-state index in [1.807, 2.05) is 18.2 Å². The van der Waals surface area contributed by atoms with Crippen molar-refractivity contribution in [1.82, 2.24) is 4.90 Å². The van der Waals surface area contributed by atoms with Gasteiger partial charge in [0.05, 0.1) is 6.10 Å². The molecule has 1 saturated heterocycles. The number of fused-ring (bicyclic) bond motifs is 1. The maximum absolute atomic E-state index is 11.8. The Labute approximate surface area is 168 Å². The predicted octanol–water partition coefficient (Wildman–Crippen LogP) is 5.61. The quantitative estimate of drug-likeness (QED) is 0.648. The lowest BCUT2D eigenvalue weighted by Gasteiger charge is -2.57. The predicted molar refractivity (Wildman–Crippen MR) is 112 cm³/mol. The van der Waals surface area contributed by atoms with Gasteiger partial charge < -0.3 is 4.74 Å². The third-order valence-corrected chi connectivity index (χ3v) is 6.87. The number of carbonyl (C=O) groups is 1. The molecule has 0 spiro atoms. The zero-order chi connectivity index (χ0) is 19.7. The number of rotatable bonds is 4. The van der Waals surface area contributed by atoms with Crippen molar-refractivity contribution in [3.05, 3.63) is 71.3 Å². The van der Waals surface area contributed by atoms with Crippen molar-refractivity contribution in [1.29, 1.82) is 0 Å². The van der Waals surface area contributed by atoms with Crippen LogP contribution in [0.25, 0.3) is 0 Å². The minimum Gasteiger partial charge on any atom is -0.355 e. The van der Waals surface area contributed by atoms with Crippen LogP contribution in [0.4, 0.5) is 0 Å². The van der Waals surface area contributed by atoms with Gasteiger partial charge in [0, 0.05) is 29.1 Å². The maximum atomic E-state index is 11.8. The minimum absolute atomic E-state index is 0.0143. The lowest BCUT2D eigenvalue weighted by atomic mass is 9.69. The Bertz CT molecular complexity index is 816. The van der Waals surface area contributed by atoms with Crippen molar-refractivity contribution >= 4 is 6.29 Å². The molecule has 148 valence electrons. The number of hydrogen-bond acceptors (Lipinski definition) is 3. The van der Waals surface area contributed by atoms with Gasteiger partial charge in [0.15, 0.2) is 0 Å². The molecule has 0 unspecified atom stereocenters. The smallest absolute Gasteiger partial charge is 0.150 e. The van der Waals surface area contributed by atoms with E-state index in [0.717, 1.165) is 30.4 Å². The second kappa shape index (κ2) is 7.81. The van der Waals surface area contributed by atoms with E-state index in [1.54, 1.807) is 0 Å². The number of aldehydes is 1. The molecule has 4 rings (SSSR count). The molecule has 0 radical (unpaired) electrons. The van der Waals surface area contributed by atoms with Crippen LogP contribution in [0.5, 0.6) is 0 Å². The van der Waals surface area contributed by atoms with Gasteiger partial charge in [-0.05, 0) is 38.2 Å². The Hall–Kier alpha value is -1.97. The highest BCUT2D eigenvalue weighted by Crippen LogP contribution is 2.49. The first kappa shape index (κ1) is 19.4.